The molecule has 6 heteroatoms. The molecule has 3 amide bonds. The minimum atomic E-state index is -0.786. The Bertz CT molecular complexity index is 423. The third-order valence-electron chi connectivity index (χ3n) is 1.94. The van der Waals surface area contributed by atoms with Gasteiger partial charge in [0.05, 0.1) is 0 Å². The molecule has 1 unspecified atom stereocenters. The second-order valence-electron chi connectivity index (χ2n) is 3.29. The molecule has 0 saturated heterocycles. The van der Waals surface area contributed by atoms with Crippen LogP contribution in [0.2, 0.25) is 5.02 Å². The Morgan fingerprint density at radius 3 is 2.71 bits per heavy atom. The fourth-order valence-electron chi connectivity index (χ4n) is 1.07. The fourth-order valence-corrected chi connectivity index (χ4v) is 1.25. The SMILES string of the molecule is CNC(=O)NC(=O)C(C)Oc1cccc(Cl)c1. The highest BCUT2D eigenvalue weighted by atomic mass is 35.5. The highest BCUT2D eigenvalue weighted by Crippen LogP contribution is 2.18. The van der Waals surface area contributed by atoms with Crippen LogP contribution in [0.3, 0.4) is 0 Å². The summed E-state index contributed by atoms with van der Waals surface area (Å²) in [5, 5.41) is 4.91. The lowest BCUT2D eigenvalue weighted by atomic mass is 10.3. The van der Waals surface area contributed by atoms with E-state index in [1.807, 2.05) is 0 Å². The first kappa shape index (κ1) is 13.3. The van der Waals surface area contributed by atoms with E-state index in [0.29, 0.717) is 10.8 Å². The van der Waals surface area contributed by atoms with Crippen LogP contribution in [0.4, 0.5) is 4.79 Å². The molecule has 1 atom stereocenters. The minimum absolute atomic E-state index is 0.469. The number of carbonyl (C=O) groups excluding carboxylic acids is 2. The molecule has 17 heavy (non-hydrogen) atoms. The smallest absolute Gasteiger partial charge is 0.321 e. The van der Waals surface area contributed by atoms with E-state index in [9.17, 15) is 9.59 Å². The van der Waals surface area contributed by atoms with E-state index in [1.165, 1.54) is 7.05 Å². The maximum absolute atomic E-state index is 11.5. The van der Waals surface area contributed by atoms with E-state index in [0.717, 1.165) is 0 Å². The van der Waals surface area contributed by atoms with E-state index >= 15 is 0 Å². The summed E-state index contributed by atoms with van der Waals surface area (Å²) in [6, 6.07) is 6.10. The topological polar surface area (TPSA) is 67.4 Å². The van der Waals surface area contributed by atoms with Gasteiger partial charge in [-0.05, 0) is 25.1 Å². The van der Waals surface area contributed by atoms with E-state index in [1.54, 1.807) is 31.2 Å². The van der Waals surface area contributed by atoms with Crippen molar-refractivity contribution >= 4 is 23.5 Å². The number of rotatable bonds is 3. The predicted octanol–water partition coefficient (Wildman–Crippen LogP) is 1.56. The highest BCUT2D eigenvalue weighted by molar-refractivity contribution is 6.30. The molecule has 0 fully saturated rings. The molecule has 0 aliphatic rings. The lowest BCUT2D eigenvalue weighted by Crippen LogP contribution is -2.43. The standard InChI is InChI=1S/C11H13ClN2O3/c1-7(10(15)14-11(16)13-2)17-9-5-3-4-8(12)6-9/h3-7H,1-2H3,(H2,13,14,15,16). The second-order valence-corrected chi connectivity index (χ2v) is 3.72. The Kier molecular flexibility index (Phi) is 4.78. The van der Waals surface area contributed by atoms with Gasteiger partial charge in [0.25, 0.3) is 5.91 Å². The molecule has 5 nitrogen and oxygen atoms in total. The summed E-state index contributed by atoms with van der Waals surface area (Å²) >= 11 is 5.77. The molecule has 92 valence electrons. The van der Waals surface area contributed by atoms with Crippen LogP contribution in [0.25, 0.3) is 0 Å². The van der Waals surface area contributed by atoms with Gasteiger partial charge >= 0.3 is 6.03 Å². The summed E-state index contributed by atoms with van der Waals surface area (Å²) in [6.07, 6.45) is -0.786. The number of carbonyl (C=O) groups is 2. The van der Waals surface area contributed by atoms with Gasteiger partial charge in [-0.1, -0.05) is 17.7 Å². The zero-order valence-electron chi connectivity index (χ0n) is 9.49. The van der Waals surface area contributed by atoms with Gasteiger partial charge in [-0.3, -0.25) is 10.1 Å². The summed E-state index contributed by atoms with van der Waals surface area (Å²) in [7, 11) is 1.42. The number of halogens is 1. The van der Waals surface area contributed by atoms with Crippen molar-refractivity contribution < 1.29 is 14.3 Å². The van der Waals surface area contributed by atoms with Gasteiger partial charge in [-0.25, -0.2) is 4.79 Å². The predicted molar refractivity (Wildman–Crippen MR) is 64.1 cm³/mol. The molecule has 0 saturated carbocycles. The number of ether oxygens (including phenoxy) is 1. The number of urea groups is 1. The van der Waals surface area contributed by atoms with Gasteiger partial charge in [-0.15, -0.1) is 0 Å². The normalized spacial score (nSPS) is 11.5. The van der Waals surface area contributed by atoms with Crippen LogP contribution in [-0.4, -0.2) is 25.1 Å². The van der Waals surface area contributed by atoms with E-state index in [2.05, 4.69) is 10.6 Å². The van der Waals surface area contributed by atoms with Crippen LogP contribution < -0.4 is 15.4 Å². The quantitative estimate of drug-likeness (QED) is 0.863. The van der Waals surface area contributed by atoms with Gasteiger partial charge in [0.1, 0.15) is 5.75 Å². The fraction of sp³-hybridized carbons (Fsp3) is 0.273. The average Bonchev–Trinajstić information content (AvgIpc) is 2.28. The molecule has 0 heterocycles. The van der Waals surface area contributed by atoms with Gasteiger partial charge in [-0.2, -0.15) is 0 Å². The Labute approximate surface area is 104 Å². The number of hydrogen-bond acceptors (Lipinski definition) is 3. The first-order chi connectivity index (χ1) is 8.02. The van der Waals surface area contributed by atoms with Crippen LogP contribution in [-0.2, 0) is 4.79 Å². The molecule has 0 radical (unpaired) electrons. The van der Waals surface area contributed by atoms with E-state index < -0.39 is 18.0 Å². The maximum Gasteiger partial charge on any atom is 0.321 e. The summed E-state index contributed by atoms with van der Waals surface area (Å²) in [5.41, 5.74) is 0. The lowest BCUT2D eigenvalue weighted by Gasteiger charge is -2.13. The minimum Gasteiger partial charge on any atom is -0.481 e. The number of imide groups is 1. The first-order valence-corrected chi connectivity index (χ1v) is 5.35. The van der Waals surface area contributed by atoms with Crippen molar-refractivity contribution in [3.05, 3.63) is 29.3 Å². The van der Waals surface area contributed by atoms with Crippen molar-refractivity contribution in [3.8, 4) is 5.75 Å². The molecule has 1 aromatic carbocycles. The van der Waals surface area contributed by atoms with Gasteiger partial charge in [0, 0.05) is 12.1 Å². The van der Waals surface area contributed by atoms with Crippen molar-refractivity contribution in [3.63, 3.8) is 0 Å². The Balaban J connectivity index is 2.57. The van der Waals surface area contributed by atoms with Gasteiger partial charge < -0.3 is 10.1 Å². The summed E-state index contributed by atoms with van der Waals surface area (Å²) in [6.45, 7) is 1.54. The third-order valence-corrected chi connectivity index (χ3v) is 2.18. The molecular formula is C11H13ClN2O3. The molecule has 0 aliphatic carbocycles. The first-order valence-electron chi connectivity index (χ1n) is 4.97. The van der Waals surface area contributed by atoms with Crippen molar-refractivity contribution in [2.24, 2.45) is 0 Å². The Morgan fingerprint density at radius 1 is 1.41 bits per heavy atom. The van der Waals surface area contributed by atoms with Crippen LogP contribution in [0.15, 0.2) is 24.3 Å². The van der Waals surface area contributed by atoms with Crippen molar-refractivity contribution in [2.75, 3.05) is 7.05 Å². The number of benzene rings is 1. The Hall–Kier alpha value is -1.75. The molecule has 1 rings (SSSR count). The lowest BCUT2D eigenvalue weighted by molar-refractivity contribution is -0.126. The zero-order chi connectivity index (χ0) is 12.8. The molecule has 1 aromatic rings. The third kappa shape index (κ3) is 4.32. The van der Waals surface area contributed by atoms with Crippen LogP contribution in [0.1, 0.15) is 6.92 Å². The maximum atomic E-state index is 11.5. The van der Waals surface area contributed by atoms with Crippen molar-refractivity contribution in [1.29, 1.82) is 0 Å². The average molecular weight is 257 g/mol. The van der Waals surface area contributed by atoms with Crippen molar-refractivity contribution in [2.45, 2.75) is 13.0 Å². The molecule has 0 spiro atoms. The van der Waals surface area contributed by atoms with E-state index in [-0.39, 0.29) is 0 Å². The summed E-state index contributed by atoms with van der Waals surface area (Å²) < 4.78 is 5.33. The zero-order valence-corrected chi connectivity index (χ0v) is 10.2. The summed E-state index contributed by atoms with van der Waals surface area (Å²) in [4.78, 5) is 22.4. The van der Waals surface area contributed by atoms with Crippen LogP contribution in [0, 0.1) is 0 Å². The molecule has 0 aliphatic heterocycles. The monoisotopic (exact) mass is 256 g/mol. The van der Waals surface area contributed by atoms with E-state index in [4.69, 9.17) is 16.3 Å². The van der Waals surface area contributed by atoms with Crippen molar-refractivity contribution in [1.82, 2.24) is 10.6 Å². The highest BCUT2D eigenvalue weighted by Gasteiger charge is 2.16. The summed E-state index contributed by atoms with van der Waals surface area (Å²) in [5.74, 6) is -0.0543. The van der Waals surface area contributed by atoms with Crippen LogP contribution in [0.5, 0.6) is 5.75 Å². The molecule has 0 bridgehead atoms. The Morgan fingerprint density at radius 2 is 2.12 bits per heavy atom. The number of hydrogen-bond donors (Lipinski definition) is 2. The van der Waals surface area contributed by atoms with Gasteiger partial charge in [0.2, 0.25) is 0 Å². The van der Waals surface area contributed by atoms with Crippen LogP contribution >= 0.6 is 11.6 Å². The molecule has 2 N–H and O–H groups in total. The number of amides is 3. The molecular weight excluding hydrogens is 244 g/mol. The largest absolute Gasteiger partial charge is 0.481 e. The van der Waals surface area contributed by atoms with Gasteiger partial charge in [0.15, 0.2) is 6.10 Å². The molecule has 0 aromatic heterocycles. The second kappa shape index (κ2) is 6.10. The number of nitrogens with one attached hydrogen (secondary N) is 2.